The number of benzene rings is 2. The first kappa shape index (κ1) is 17.5. The van der Waals surface area contributed by atoms with Crippen LogP contribution in [0.5, 0.6) is 11.5 Å². The van der Waals surface area contributed by atoms with E-state index in [9.17, 15) is 4.79 Å². The SMILES string of the molecule is COc1cccc(/C=N/NC(=O)Cc2nc3ccccc3n2C)c1OC. The van der Waals surface area contributed by atoms with Crippen LogP contribution in [0.1, 0.15) is 11.4 Å². The molecule has 0 bridgehead atoms. The first-order valence-electron chi connectivity index (χ1n) is 8.07. The second-order valence-electron chi connectivity index (χ2n) is 5.63. The van der Waals surface area contributed by atoms with Gasteiger partial charge in [-0.05, 0) is 24.3 Å². The molecule has 0 spiro atoms. The van der Waals surface area contributed by atoms with E-state index in [0.29, 0.717) is 22.9 Å². The first-order valence-corrected chi connectivity index (χ1v) is 8.07. The van der Waals surface area contributed by atoms with E-state index in [2.05, 4.69) is 15.5 Å². The Bertz CT molecular complexity index is 963. The third-order valence-corrected chi connectivity index (χ3v) is 4.02. The molecule has 0 aliphatic heterocycles. The molecular formula is C19H20N4O3. The van der Waals surface area contributed by atoms with Gasteiger partial charge >= 0.3 is 0 Å². The molecule has 3 aromatic rings. The number of aromatic nitrogens is 2. The summed E-state index contributed by atoms with van der Waals surface area (Å²) < 4.78 is 12.5. The van der Waals surface area contributed by atoms with Crippen LogP contribution >= 0.6 is 0 Å². The molecule has 1 heterocycles. The van der Waals surface area contributed by atoms with E-state index in [1.54, 1.807) is 20.3 Å². The number of fused-ring (bicyclic) bond motifs is 1. The van der Waals surface area contributed by atoms with Crippen molar-refractivity contribution >= 4 is 23.2 Å². The second-order valence-corrected chi connectivity index (χ2v) is 5.63. The van der Waals surface area contributed by atoms with Crippen molar-refractivity contribution in [3.8, 4) is 11.5 Å². The van der Waals surface area contributed by atoms with Gasteiger partial charge in [0.15, 0.2) is 11.5 Å². The summed E-state index contributed by atoms with van der Waals surface area (Å²) in [6.07, 6.45) is 1.66. The number of hydrogen-bond donors (Lipinski definition) is 1. The minimum absolute atomic E-state index is 0.137. The molecule has 7 nitrogen and oxygen atoms in total. The van der Waals surface area contributed by atoms with Crippen LogP contribution in [-0.2, 0) is 18.3 Å². The largest absolute Gasteiger partial charge is 0.493 e. The lowest BCUT2D eigenvalue weighted by Gasteiger charge is -2.09. The number of methoxy groups -OCH3 is 2. The van der Waals surface area contributed by atoms with Gasteiger partial charge in [0.05, 0.1) is 37.9 Å². The molecule has 7 heteroatoms. The van der Waals surface area contributed by atoms with Gasteiger partial charge in [0.1, 0.15) is 5.82 Å². The predicted octanol–water partition coefficient (Wildman–Crippen LogP) is 2.28. The van der Waals surface area contributed by atoms with Gasteiger partial charge in [-0.15, -0.1) is 0 Å². The Morgan fingerprint density at radius 3 is 2.73 bits per heavy atom. The number of rotatable bonds is 6. The Hall–Kier alpha value is -3.35. The highest BCUT2D eigenvalue weighted by atomic mass is 16.5. The molecule has 0 unspecified atom stereocenters. The van der Waals surface area contributed by atoms with Crippen LogP contribution in [0.4, 0.5) is 0 Å². The van der Waals surface area contributed by atoms with E-state index in [1.165, 1.54) is 6.21 Å². The number of carbonyl (C=O) groups is 1. The topological polar surface area (TPSA) is 77.7 Å². The molecule has 1 N–H and O–H groups in total. The molecule has 0 radical (unpaired) electrons. The van der Waals surface area contributed by atoms with Crippen molar-refractivity contribution in [2.24, 2.45) is 12.1 Å². The van der Waals surface area contributed by atoms with Crippen molar-refractivity contribution < 1.29 is 14.3 Å². The molecule has 0 saturated carbocycles. The molecule has 0 fully saturated rings. The number of para-hydroxylation sites is 3. The smallest absolute Gasteiger partial charge is 0.247 e. The number of ether oxygens (including phenoxy) is 2. The number of hydrogen-bond acceptors (Lipinski definition) is 5. The number of hydrazone groups is 1. The molecule has 26 heavy (non-hydrogen) atoms. The number of aryl methyl sites for hydroxylation is 1. The maximum atomic E-state index is 12.2. The van der Waals surface area contributed by atoms with Gasteiger partial charge in [0, 0.05) is 12.6 Å². The minimum Gasteiger partial charge on any atom is -0.493 e. The van der Waals surface area contributed by atoms with Gasteiger partial charge in [-0.2, -0.15) is 5.10 Å². The zero-order valence-electron chi connectivity index (χ0n) is 14.9. The van der Waals surface area contributed by atoms with E-state index in [-0.39, 0.29) is 12.3 Å². The monoisotopic (exact) mass is 352 g/mol. The van der Waals surface area contributed by atoms with Crippen LogP contribution in [0.25, 0.3) is 11.0 Å². The van der Waals surface area contributed by atoms with E-state index in [4.69, 9.17) is 9.47 Å². The summed E-state index contributed by atoms with van der Waals surface area (Å²) in [6, 6.07) is 13.2. The van der Waals surface area contributed by atoms with Crippen LogP contribution in [0.2, 0.25) is 0 Å². The lowest BCUT2D eigenvalue weighted by molar-refractivity contribution is -0.120. The van der Waals surface area contributed by atoms with Gasteiger partial charge in [-0.1, -0.05) is 18.2 Å². The summed E-state index contributed by atoms with van der Waals surface area (Å²) in [5.41, 5.74) is 5.07. The van der Waals surface area contributed by atoms with Crippen LogP contribution in [0, 0.1) is 0 Å². The van der Waals surface area contributed by atoms with Crippen molar-refractivity contribution in [2.75, 3.05) is 14.2 Å². The van der Waals surface area contributed by atoms with Gasteiger partial charge in [0.25, 0.3) is 0 Å². The molecule has 1 aromatic heterocycles. The third kappa shape index (κ3) is 3.51. The molecule has 0 aliphatic rings. The van der Waals surface area contributed by atoms with Crippen molar-refractivity contribution in [3.05, 3.63) is 53.9 Å². The summed E-state index contributed by atoms with van der Waals surface area (Å²) >= 11 is 0. The Kier molecular flexibility index (Phi) is 5.17. The maximum absolute atomic E-state index is 12.2. The molecule has 2 aromatic carbocycles. The lowest BCUT2D eigenvalue weighted by atomic mass is 10.2. The standard InChI is InChI=1S/C19H20N4O3/c1-23-15-9-5-4-8-14(15)21-17(23)11-18(24)22-20-12-13-7-6-10-16(25-2)19(13)26-3/h4-10,12H,11H2,1-3H3,(H,22,24)/b20-12+. The average molecular weight is 352 g/mol. The summed E-state index contributed by atoms with van der Waals surface area (Å²) in [7, 11) is 5.01. The Morgan fingerprint density at radius 2 is 2.00 bits per heavy atom. The van der Waals surface area contributed by atoms with E-state index >= 15 is 0 Å². The summed E-state index contributed by atoms with van der Waals surface area (Å²) in [5.74, 6) is 1.59. The van der Waals surface area contributed by atoms with Crippen molar-refractivity contribution in [1.82, 2.24) is 15.0 Å². The van der Waals surface area contributed by atoms with Crippen LogP contribution in [-0.4, -0.2) is 35.9 Å². The van der Waals surface area contributed by atoms with Crippen LogP contribution < -0.4 is 14.9 Å². The summed E-state index contributed by atoms with van der Waals surface area (Å²) in [5, 5.41) is 4.01. The zero-order chi connectivity index (χ0) is 18.5. The highest BCUT2D eigenvalue weighted by Gasteiger charge is 2.11. The molecule has 0 atom stereocenters. The van der Waals surface area contributed by atoms with Crippen LogP contribution in [0.3, 0.4) is 0 Å². The molecular weight excluding hydrogens is 332 g/mol. The molecule has 0 saturated heterocycles. The summed E-state index contributed by atoms with van der Waals surface area (Å²) in [4.78, 5) is 16.7. The Balaban J connectivity index is 1.69. The number of nitrogens with one attached hydrogen (secondary N) is 1. The Labute approximate surface area is 151 Å². The normalized spacial score (nSPS) is 11.0. The van der Waals surface area contributed by atoms with Gasteiger partial charge < -0.3 is 14.0 Å². The molecule has 0 aliphatic carbocycles. The third-order valence-electron chi connectivity index (χ3n) is 4.02. The maximum Gasteiger partial charge on any atom is 0.247 e. The van der Waals surface area contributed by atoms with Gasteiger partial charge in [-0.3, -0.25) is 4.79 Å². The first-order chi connectivity index (χ1) is 12.6. The van der Waals surface area contributed by atoms with Crippen molar-refractivity contribution in [2.45, 2.75) is 6.42 Å². The van der Waals surface area contributed by atoms with E-state index in [1.807, 2.05) is 48.0 Å². The number of carbonyl (C=O) groups excluding carboxylic acids is 1. The fourth-order valence-electron chi connectivity index (χ4n) is 2.72. The van der Waals surface area contributed by atoms with Crippen molar-refractivity contribution in [3.63, 3.8) is 0 Å². The fourth-order valence-corrected chi connectivity index (χ4v) is 2.72. The Morgan fingerprint density at radius 1 is 1.19 bits per heavy atom. The van der Waals surface area contributed by atoms with Crippen molar-refractivity contribution in [1.29, 1.82) is 0 Å². The molecule has 3 rings (SSSR count). The second kappa shape index (κ2) is 7.69. The van der Waals surface area contributed by atoms with Crippen LogP contribution in [0.15, 0.2) is 47.6 Å². The number of amides is 1. The number of nitrogens with zero attached hydrogens (tertiary/aromatic N) is 3. The average Bonchev–Trinajstić information content (AvgIpc) is 2.97. The number of imidazole rings is 1. The fraction of sp³-hybridized carbons (Fsp3) is 0.211. The highest BCUT2D eigenvalue weighted by Crippen LogP contribution is 2.29. The van der Waals surface area contributed by atoms with E-state index in [0.717, 1.165) is 11.0 Å². The highest BCUT2D eigenvalue weighted by molar-refractivity contribution is 5.87. The summed E-state index contributed by atoms with van der Waals surface area (Å²) in [6.45, 7) is 0. The quantitative estimate of drug-likeness (QED) is 0.545. The van der Waals surface area contributed by atoms with Gasteiger partial charge in [0.2, 0.25) is 5.91 Å². The molecule has 134 valence electrons. The molecule has 1 amide bonds. The lowest BCUT2D eigenvalue weighted by Crippen LogP contribution is -2.21. The van der Waals surface area contributed by atoms with E-state index < -0.39 is 0 Å². The zero-order valence-corrected chi connectivity index (χ0v) is 14.9. The van der Waals surface area contributed by atoms with Gasteiger partial charge in [-0.25, -0.2) is 10.4 Å². The predicted molar refractivity (Wildman–Crippen MR) is 99.7 cm³/mol. The minimum atomic E-state index is -0.249.